The average Bonchev–Trinajstić information content (AvgIpc) is 2.26. The molecule has 0 N–H and O–H groups in total. The summed E-state index contributed by atoms with van der Waals surface area (Å²) < 4.78 is 0. The van der Waals surface area contributed by atoms with Gasteiger partial charge in [0.15, 0.2) is 0 Å². The lowest BCUT2D eigenvalue weighted by molar-refractivity contribution is 0.206. The van der Waals surface area contributed by atoms with E-state index < -0.39 is 0 Å². The summed E-state index contributed by atoms with van der Waals surface area (Å²) in [4.78, 5) is 2.51. The van der Waals surface area contributed by atoms with E-state index in [1.165, 1.54) is 12.0 Å². The van der Waals surface area contributed by atoms with Gasteiger partial charge in [-0.05, 0) is 25.5 Å². The molecule has 1 heteroatoms. The largest absolute Gasteiger partial charge is 0.297 e. The maximum atomic E-state index is 2.51. The van der Waals surface area contributed by atoms with Crippen LogP contribution in [0.25, 0.3) is 0 Å². The Balaban J connectivity index is 2.57. The molecule has 0 heterocycles. The minimum atomic E-state index is 0.681. The van der Waals surface area contributed by atoms with E-state index in [0.717, 1.165) is 13.1 Å². The normalized spacial score (nSPS) is 13.1. The van der Waals surface area contributed by atoms with Gasteiger partial charge in [-0.3, -0.25) is 4.90 Å². The number of hydrogen-bond donors (Lipinski definition) is 0. The quantitative estimate of drug-likeness (QED) is 0.690. The maximum absolute atomic E-state index is 2.51. The van der Waals surface area contributed by atoms with Crippen LogP contribution in [0.2, 0.25) is 0 Å². The maximum Gasteiger partial charge on any atom is 0.0236 e. The molecule has 0 aliphatic rings. The van der Waals surface area contributed by atoms with Crippen molar-refractivity contribution >= 4 is 0 Å². The average molecular weight is 191 g/mol. The van der Waals surface area contributed by atoms with Crippen LogP contribution >= 0.6 is 0 Å². The fourth-order valence-corrected chi connectivity index (χ4v) is 1.66. The zero-order valence-electron chi connectivity index (χ0n) is 9.53. The predicted molar refractivity (Wildman–Crippen MR) is 62.3 cm³/mol. The topological polar surface area (TPSA) is 3.24 Å². The Kier molecular flexibility index (Phi) is 4.68. The van der Waals surface area contributed by atoms with E-state index >= 15 is 0 Å². The zero-order valence-corrected chi connectivity index (χ0v) is 9.53. The standard InChI is InChI=1S/C13H21N/c1-4-12(3)14(5-2)11-13-9-7-6-8-10-13/h6-10,12H,4-5,11H2,1-3H3. The monoisotopic (exact) mass is 191 g/mol. The van der Waals surface area contributed by atoms with Crippen molar-refractivity contribution < 1.29 is 0 Å². The van der Waals surface area contributed by atoms with E-state index in [9.17, 15) is 0 Å². The lowest BCUT2D eigenvalue weighted by Gasteiger charge is -2.26. The van der Waals surface area contributed by atoms with Crippen molar-refractivity contribution in [2.45, 2.75) is 39.8 Å². The summed E-state index contributed by atoms with van der Waals surface area (Å²) in [5.41, 5.74) is 1.41. The van der Waals surface area contributed by atoms with Crippen LogP contribution in [-0.2, 0) is 6.54 Å². The van der Waals surface area contributed by atoms with Crippen molar-refractivity contribution in [1.29, 1.82) is 0 Å². The van der Waals surface area contributed by atoms with Gasteiger partial charge in [0, 0.05) is 12.6 Å². The molecular formula is C13H21N. The molecule has 0 aliphatic carbocycles. The summed E-state index contributed by atoms with van der Waals surface area (Å²) in [5, 5.41) is 0. The molecule has 1 rings (SSSR count). The molecule has 1 atom stereocenters. The lowest BCUT2D eigenvalue weighted by Crippen LogP contribution is -2.31. The molecule has 0 radical (unpaired) electrons. The van der Waals surface area contributed by atoms with Crippen molar-refractivity contribution in [2.24, 2.45) is 0 Å². The molecule has 0 aliphatic heterocycles. The third kappa shape index (κ3) is 3.15. The van der Waals surface area contributed by atoms with Gasteiger partial charge in [-0.15, -0.1) is 0 Å². The molecule has 78 valence electrons. The number of hydrogen-bond acceptors (Lipinski definition) is 1. The van der Waals surface area contributed by atoms with Crippen molar-refractivity contribution in [3.8, 4) is 0 Å². The molecular weight excluding hydrogens is 170 g/mol. The Hall–Kier alpha value is -0.820. The highest BCUT2D eigenvalue weighted by atomic mass is 15.1. The fourth-order valence-electron chi connectivity index (χ4n) is 1.66. The van der Waals surface area contributed by atoms with Crippen molar-refractivity contribution in [2.75, 3.05) is 6.54 Å². The van der Waals surface area contributed by atoms with Crippen LogP contribution in [0.5, 0.6) is 0 Å². The Morgan fingerprint density at radius 2 is 1.79 bits per heavy atom. The van der Waals surface area contributed by atoms with Gasteiger partial charge < -0.3 is 0 Å². The number of nitrogens with zero attached hydrogens (tertiary/aromatic N) is 1. The van der Waals surface area contributed by atoms with Crippen LogP contribution in [-0.4, -0.2) is 17.5 Å². The number of benzene rings is 1. The van der Waals surface area contributed by atoms with Crippen LogP contribution < -0.4 is 0 Å². The predicted octanol–water partition coefficient (Wildman–Crippen LogP) is 3.31. The van der Waals surface area contributed by atoms with E-state index in [1.807, 2.05) is 0 Å². The summed E-state index contributed by atoms with van der Waals surface area (Å²) in [7, 11) is 0. The summed E-state index contributed by atoms with van der Waals surface area (Å²) in [5.74, 6) is 0. The van der Waals surface area contributed by atoms with Gasteiger partial charge in [-0.25, -0.2) is 0 Å². The van der Waals surface area contributed by atoms with Crippen LogP contribution in [0.3, 0.4) is 0 Å². The van der Waals surface area contributed by atoms with Gasteiger partial charge in [0.1, 0.15) is 0 Å². The Labute approximate surface area is 87.7 Å². The Morgan fingerprint density at radius 1 is 1.14 bits per heavy atom. The first-order valence-corrected chi connectivity index (χ1v) is 5.55. The second-order valence-corrected chi connectivity index (χ2v) is 3.81. The third-order valence-electron chi connectivity index (χ3n) is 2.85. The van der Waals surface area contributed by atoms with Gasteiger partial charge in [0.05, 0.1) is 0 Å². The van der Waals surface area contributed by atoms with E-state index in [-0.39, 0.29) is 0 Å². The van der Waals surface area contributed by atoms with Crippen molar-refractivity contribution in [3.63, 3.8) is 0 Å². The molecule has 1 unspecified atom stereocenters. The minimum Gasteiger partial charge on any atom is -0.297 e. The SMILES string of the molecule is CCC(C)N(CC)Cc1ccccc1. The van der Waals surface area contributed by atoms with Crippen LogP contribution in [0, 0.1) is 0 Å². The van der Waals surface area contributed by atoms with Crippen molar-refractivity contribution in [1.82, 2.24) is 4.90 Å². The molecule has 1 aromatic rings. The summed E-state index contributed by atoms with van der Waals surface area (Å²) in [6.07, 6.45) is 1.22. The molecule has 14 heavy (non-hydrogen) atoms. The highest BCUT2D eigenvalue weighted by Crippen LogP contribution is 2.09. The van der Waals surface area contributed by atoms with Gasteiger partial charge in [0.2, 0.25) is 0 Å². The summed E-state index contributed by atoms with van der Waals surface area (Å²) in [6.45, 7) is 8.98. The van der Waals surface area contributed by atoms with Gasteiger partial charge in [0.25, 0.3) is 0 Å². The third-order valence-corrected chi connectivity index (χ3v) is 2.85. The smallest absolute Gasteiger partial charge is 0.0236 e. The van der Waals surface area contributed by atoms with Crippen LogP contribution in [0.15, 0.2) is 30.3 Å². The van der Waals surface area contributed by atoms with Crippen molar-refractivity contribution in [3.05, 3.63) is 35.9 Å². The molecule has 0 saturated heterocycles. The lowest BCUT2D eigenvalue weighted by atomic mass is 10.1. The molecule has 0 bridgehead atoms. The highest BCUT2D eigenvalue weighted by Gasteiger charge is 2.09. The van der Waals surface area contributed by atoms with E-state index in [0.29, 0.717) is 6.04 Å². The second-order valence-electron chi connectivity index (χ2n) is 3.81. The van der Waals surface area contributed by atoms with Crippen LogP contribution in [0.4, 0.5) is 0 Å². The Bertz CT molecular complexity index is 243. The second kappa shape index (κ2) is 5.82. The first-order valence-electron chi connectivity index (χ1n) is 5.55. The molecule has 1 nitrogen and oxygen atoms in total. The van der Waals surface area contributed by atoms with E-state index in [4.69, 9.17) is 0 Å². The molecule has 0 spiro atoms. The first-order chi connectivity index (χ1) is 6.77. The fraction of sp³-hybridized carbons (Fsp3) is 0.538. The van der Waals surface area contributed by atoms with Gasteiger partial charge >= 0.3 is 0 Å². The Morgan fingerprint density at radius 3 is 2.29 bits per heavy atom. The molecule has 1 aromatic carbocycles. The molecule has 0 fully saturated rings. The zero-order chi connectivity index (χ0) is 10.4. The van der Waals surface area contributed by atoms with E-state index in [2.05, 4.69) is 56.0 Å². The minimum absolute atomic E-state index is 0.681. The molecule has 0 saturated carbocycles. The molecule has 0 aromatic heterocycles. The first kappa shape index (κ1) is 11.3. The summed E-state index contributed by atoms with van der Waals surface area (Å²) in [6, 6.07) is 11.4. The highest BCUT2D eigenvalue weighted by molar-refractivity contribution is 5.14. The van der Waals surface area contributed by atoms with Gasteiger partial charge in [-0.2, -0.15) is 0 Å². The van der Waals surface area contributed by atoms with Gasteiger partial charge in [-0.1, -0.05) is 44.2 Å². The number of rotatable bonds is 5. The summed E-state index contributed by atoms with van der Waals surface area (Å²) >= 11 is 0. The van der Waals surface area contributed by atoms with E-state index in [1.54, 1.807) is 0 Å². The van der Waals surface area contributed by atoms with Crippen LogP contribution in [0.1, 0.15) is 32.8 Å². The molecule has 0 amide bonds.